The van der Waals surface area contributed by atoms with Gasteiger partial charge in [-0.25, -0.2) is 9.18 Å². The van der Waals surface area contributed by atoms with Gasteiger partial charge in [-0.15, -0.1) is 0 Å². The molecule has 3 rings (SSSR count). The van der Waals surface area contributed by atoms with Gasteiger partial charge in [0.2, 0.25) is 11.2 Å². The SMILES string of the molecule is CCOc1c(F)c(F)cc2c(=O)c(C(=O)O)cn(C3CC3)c12. The van der Waals surface area contributed by atoms with E-state index in [2.05, 4.69) is 0 Å². The first-order valence-corrected chi connectivity index (χ1v) is 6.88. The Labute approximate surface area is 123 Å². The lowest BCUT2D eigenvalue weighted by Crippen LogP contribution is -2.20. The van der Waals surface area contributed by atoms with Crippen LogP contribution in [-0.2, 0) is 0 Å². The molecule has 1 aromatic carbocycles. The van der Waals surface area contributed by atoms with Gasteiger partial charge >= 0.3 is 5.97 Å². The number of rotatable bonds is 4. The molecular formula is C15H13F2NO4. The van der Waals surface area contributed by atoms with E-state index < -0.39 is 28.6 Å². The zero-order valence-corrected chi connectivity index (χ0v) is 11.7. The van der Waals surface area contributed by atoms with Gasteiger partial charge in [-0.2, -0.15) is 4.39 Å². The van der Waals surface area contributed by atoms with Crippen molar-refractivity contribution < 1.29 is 23.4 Å². The van der Waals surface area contributed by atoms with Crippen LogP contribution in [0.3, 0.4) is 0 Å². The molecule has 1 heterocycles. The molecule has 1 N–H and O–H groups in total. The molecule has 116 valence electrons. The molecule has 0 bridgehead atoms. The molecule has 0 radical (unpaired) electrons. The number of hydrogen-bond acceptors (Lipinski definition) is 3. The van der Waals surface area contributed by atoms with Crippen LogP contribution in [0.4, 0.5) is 8.78 Å². The van der Waals surface area contributed by atoms with Crippen molar-refractivity contribution in [3.63, 3.8) is 0 Å². The van der Waals surface area contributed by atoms with Crippen molar-refractivity contribution in [2.75, 3.05) is 6.61 Å². The van der Waals surface area contributed by atoms with Gasteiger partial charge in [-0.05, 0) is 25.8 Å². The Bertz CT molecular complexity index is 840. The number of carboxylic acid groups (broad SMARTS) is 1. The Balaban J connectivity index is 2.48. The number of halogens is 2. The van der Waals surface area contributed by atoms with Crippen LogP contribution in [0.1, 0.15) is 36.2 Å². The first-order valence-electron chi connectivity index (χ1n) is 6.88. The quantitative estimate of drug-likeness (QED) is 0.943. The van der Waals surface area contributed by atoms with E-state index in [9.17, 15) is 18.4 Å². The lowest BCUT2D eigenvalue weighted by atomic mass is 10.1. The Kier molecular flexibility index (Phi) is 3.35. The van der Waals surface area contributed by atoms with E-state index in [4.69, 9.17) is 9.84 Å². The lowest BCUT2D eigenvalue weighted by Gasteiger charge is -2.16. The smallest absolute Gasteiger partial charge is 0.341 e. The second-order valence-electron chi connectivity index (χ2n) is 5.15. The Morgan fingerprint density at radius 2 is 2.14 bits per heavy atom. The Hall–Kier alpha value is -2.44. The summed E-state index contributed by atoms with van der Waals surface area (Å²) in [4.78, 5) is 23.5. The van der Waals surface area contributed by atoms with Crippen LogP contribution < -0.4 is 10.2 Å². The number of carbonyl (C=O) groups is 1. The van der Waals surface area contributed by atoms with Gasteiger partial charge in [0, 0.05) is 12.2 Å². The number of carboxylic acids is 1. The number of hydrogen-bond donors (Lipinski definition) is 1. The standard InChI is InChI=1S/C15H13F2NO4/c1-2-22-14-11(17)10(16)5-8-12(14)18(7-3-4-7)6-9(13(8)19)15(20)21/h5-7H,2-4H2,1H3,(H,20,21). The summed E-state index contributed by atoms with van der Waals surface area (Å²) < 4.78 is 34.5. The van der Waals surface area contributed by atoms with Crippen molar-refractivity contribution in [2.45, 2.75) is 25.8 Å². The molecule has 2 aromatic rings. The van der Waals surface area contributed by atoms with Crippen LogP contribution in [0.2, 0.25) is 0 Å². The summed E-state index contributed by atoms with van der Waals surface area (Å²) >= 11 is 0. The van der Waals surface area contributed by atoms with Gasteiger partial charge in [0.1, 0.15) is 5.56 Å². The van der Waals surface area contributed by atoms with Crippen molar-refractivity contribution in [3.8, 4) is 5.75 Å². The van der Waals surface area contributed by atoms with Crippen LogP contribution in [0.15, 0.2) is 17.1 Å². The molecule has 1 fully saturated rings. The number of nitrogens with zero attached hydrogens (tertiary/aromatic N) is 1. The molecule has 0 saturated heterocycles. The molecule has 5 nitrogen and oxygen atoms in total. The molecule has 0 spiro atoms. The maximum atomic E-state index is 14.0. The third kappa shape index (κ3) is 2.13. The summed E-state index contributed by atoms with van der Waals surface area (Å²) in [7, 11) is 0. The number of ether oxygens (including phenoxy) is 1. The number of aromatic carboxylic acids is 1. The molecule has 1 aromatic heterocycles. The Morgan fingerprint density at radius 1 is 1.45 bits per heavy atom. The minimum Gasteiger partial charge on any atom is -0.489 e. The molecule has 7 heteroatoms. The first kappa shape index (κ1) is 14.5. The summed E-state index contributed by atoms with van der Waals surface area (Å²) in [6, 6.07) is 0.700. The minimum absolute atomic E-state index is 0.0368. The molecule has 0 atom stereocenters. The van der Waals surface area contributed by atoms with Gasteiger partial charge in [0.25, 0.3) is 0 Å². The third-order valence-corrected chi connectivity index (χ3v) is 3.63. The van der Waals surface area contributed by atoms with Crippen LogP contribution >= 0.6 is 0 Å². The molecule has 1 aliphatic carbocycles. The van der Waals surface area contributed by atoms with Gasteiger partial charge in [-0.3, -0.25) is 4.79 Å². The highest BCUT2D eigenvalue weighted by Crippen LogP contribution is 2.40. The normalized spacial score (nSPS) is 14.3. The van der Waals surface area contributed by atoms with Crippen LogP contribution in [0, 0.1) is 11.6 Å². The Morgan fingerprint density at radius 3 is 2.68 bits per heavy atom. The fraction of sp³-hybridized carbons (Fsp3) is 0.333. The van der Waals surface area contributed by atoms with Crippen molar-refractivity contribution in [2.24, 2.45) is 0 Å². The van der Waals surface area contributed by atoms with E-state index in [-0.39, 0.29) is 29.3 Å². The second-order valence-corrected chi connectivity index (χ2v) is 5.15. The van der Waals surface area contributed by atoms with Crippen molar-refractivity contribution in [1.29, 1.82) is 0 Å². The van der Waals surface area contributed by atoms with E-state index >= 15 is 0 Å². The largest absolute Gasteiger partial charge is 0.489 e. The van der Waals surface area contributed by atoms with Gasteiger partial charge in [0.15, 0.2) is 11.6 Å². The highest BCUT2D eigenvalue weighted by Gasteiger charge is 2.30. The minimum atomic E-state index is -1.40. The molecule has 22 heavy (non-hydrogen) atoms. The summed E-state index contributed by atoms with van der Waals surface area (Å²) in [5.41, 5.74) is -1.20. The van der Waals surface area contributed by atoms with Gasteiger partial charge in [-0.1, -0.05) is 0 Å². The van der Waals surface area contributed by atoms with Crippen LogP contribution in [0.5, 0.6) is 5.75 Å². The fourth-order valence-electron chi connectivity index (χ4n) is 2.50. The average molecular weight is 309 g/mol. The van der Waals surface area contributed by atoms with E-state index in [1.54, 1.807) is 6.92 Å². The molecular weight excluding hydrogens is 296 g/mol. The zero-order chi connectivity index (χ0) is 16.0. The summed E-state index contributed by atoms with van der Waals surface area (Å²) in [5.74, 6) is -4.16. The maximum Gasteiger partial charge on any atom is 0.341 e. The highest BCUT2D eigenvalue weighted by molar-refractivity contribution is 5.94. The predicted molar refractivity (Wildman–Crippen MR) is 74.5 cm³/mol. The van der Waals surface area contributed by atoms with E-state index in [1.807, 2.05) is 0 Å². The summed E-state index contributed by atoms with van der Waals surface area (Å²) in [5, 5.41) is 8.95. The molecule has 0 amide bonds. The summed E-state index contributed by atoms with van der Waals surface area (Å²) in [6.45, 7) is 1.70. The average Bonchev–Trinajstić information content (AvgIpc) is 3.29. The monoisotopic (exact) mass is 309 g/mol. The number of fused-ring (bicyclic) bond motifs is 1. The third-order valence-electron chi connectivity index (χ3n) is 3.63. The first-order chi connectivity index (χ1) is 10.5. The van der Waals surface area contributed by atoms with E-state index in [0.29, 0.717) is 0 Å². The van der Waals surface area contributed by atoms with Crippen molar-refractivity contribution in [3.05, 3.63) is 39.7 Å². The fourth-order valence-corrected chi connectivity index (χ4v) is 2.50. The highest BCUT2D eigenvalue weighted by atomic mass is 19.2. The topological polar surface area (TPSA) is 68.5 Å². The molecule has 1 saturated carbocycles. The molecule has 0 unspecified atom stereocenters. The van der Waals surface area contributed by atoms with E-state index in [1.165, 1.54) is 10.8 Å². The second kappa shape index (κ2) is 5.08. The number of aromatic nitrogens is 1. The van der Waals surface area contributed by atoms with Gasteiger partial charge in [0.05, 0.1) is 17.5 Å². The van der Waals surface area contributed by atoms with Crippen molar-refractivity contribution >= 4 is 16.9 Å². The predicted octanol–water partition coefficient (Wildman–Crippen LogP) is 2.71. The van der Waals surface area contributed by atoms with Crippen LogP contribution in [-0.4, -0.2) is 22.2 Å². The molecule has 0 aliphatic heterocycles. The number of pyridine rings is 1. The lowest BCUT2D eigenvalue weighted by molar-refractivity contribution is 0.0695. The van der Waals surface area contributed by atoms with Gasteiger partial charge < -0.3 is 14.4 Å². The zero-order valence-electron chi connectivity index (χ0n) is 11.7. The van der Waals surface area contributed by atoms with Crippen molar-refractivity contribution in [1.82, 2.24) is 4.57 Å². The maximum absolute atomic E-state index is 14.0. The van der Waals surface area contributed by atoms with Crippen LogP contribution in [0.25, 0.3) is 10.9 Å². The van der Waals surface area contributed by atoms with E-state index in [0.717, 1.165) is 18.9 Å². The summed E-state index contributed by atoms with van der Waals surface area (Å²) in [6.07, 6.45) is 2.74. The molecule has 1 aliphatic rings. The number of benzene rings is 1.